The zero-order valence-electron chi connectivity index (χ0n) is 20.8. The van der Waals surface area contributed by atoms with Crippen LogP contribution in [0, 0.1) is 5.92 Å². The van der Waals surface area contributed by atoms with Crippen LogP contribution in [-0.2, 0) is 6.42 Å². The van der Waals surface area contributed by atoms with Crippen molar-refractivity contribution in [3.05, 3.63) is 78.1 Å². The summed E-state index contributed by atoms with van der Waals surface area (Å²) in [4.78, 5) is 2.34. The molecule has 1 aliphatic rings. The number of aryl methyl sites for hydroxylation is 1. The maximum absolute atomic E-state index is 6.62. The first-order valence-corrected chi connectivity index (χ1v) is 12.5. The molecule has 0 spiro atoms. The van der Waals surface area contributed by atoms with Crippen molar-refractivity contribution in [1.29, 1.82) is 0 Å². The Labute approximate surface area is 200 Å². The number of hydrogen-bond acceptors (Lipinski definition) is 4. The molecular weight excluding hydrogens is 404 g/mol. The SMILES string of the molecule is C=CCCCc1ccc(-c2ccc3c(c2)C(N(N)/C=C(\N)CCCCC)[C@H](C)CN3C)cc1. The van der Waals surface area contributed by atoms with Gasteiger partial charge in [-0.3, -0.25) is 0 Å². The molecule has 0 aliphatic carbocycles. The molecule has 0 saturated carbocycles. The van der Waals surface area contributed by atoms with E-state index in [1.807, 2.05) is 17.3 Å². The molecule has 0 bridgehead atoms. The number of nitrogens with zero attached hydrogens (tertiary/aromatic N) is 2. The number of hydrogen-bond donors (Lipinski definition) is 2. The molecule has 0 fully saturated rings. The van der Waals surface area contributed by atoms with Gasteiger partial charge in [-0.05, 0) is 66.8 Å². The molecule has 33 heavy (non-hydrogen) atoms. The second-order valence-corrected chi connectivity index (χ2v) is 9.56. The van der Waals surface area contributed by atoms with Gasteiger partial charge in [0, 0.05) is 36.7 Å². The molecule has 3 rings (SSSR count). The van der Waals surface area contributed by atoms with E-state index in [1.54, 1.807) is 0 Å². The second-order valence-electron chi connectivity index (χ2n) is 9.56. The van der Waals surface area contributed by atoms with Crippen LogP contribution in [-0.4, -0.2) is 18.6 Å². The maximum atomic E-state index is 6.62. The summed E-state index contributed by atoms with van der Waals surface area (Å²) in [5, 5.41) is 1.85. The number of allylic oxidation sites excluding steroid dienone is 2. The van der Waals surface area contributed by atoms with Crippen LogP contribution in [0.25, 0.3) is 11.1 Å². The fraction of sp³-hybridized carbons (Fsp3) is 0.448. The minimum Gasteiger partial charge on any atom is -0.401 e. The minimum absolute atomic E-state index is 0.0963. The van der Waals surface area contributed by atoms with Crippen molar-refractivity contribution in [2.75, 3.05) is 18.5 Å². The van der Waals surface area contributed by atoms with Crippen LogP contribution in [0.4, 0.5) is 5.69 Å². The number of benzene rings is 2. The average molecular weight is 447 g/mol. The van der Waals surface area contributed by atoms with Gasteiger partial charge in [0.1, 0.15) is 0 Å². The molecule has 1 heterocycles. The van der Waals surface area contributed by atoms with Crippen molar-refractivity contribution in [2.45, 2.75) is 64.8 Å². The van der Waals surface area contributed by atoms with Gasteiger partial charge in [0.25, 0.3) is 0 Å². The Balaban J connectivity index is 1.85. The molecule has 4 N–H and O–H groups in total. The Bertz CT molecular complexity index is 931. The lowest BCUT2D eigenvalue weighted by atomic mass is 9.86. The first-order valence-electron chi connectivity index (χ1n) is 12.5. The molecule has 4 heteroatoms. The molecule has 0 saturated heterocycles. The molecule has 0 radical (unpaired) electrons. The van der Waals surface area contributed by atoms with Gasteiger partial charge in [-0.15, -0.1) is 6.58 Å². The van der Waals surface area contributed by atoms with Gasteiger partial charge in [0.15, 0.2) is 0 Å². The van der Waals surface area contributed by atoms with Gasteiger partial charge >= 0.3 is 0 Å². The average Bonchev–Trinajstić information content (AvgIpc) is 2.79. The smallest absolute Gasteiger partial charge is 0.0758 e. The molecule has 0 amide bonds. The molecule has 2 atom stereocenters. The van der Waals surface area contributed by atoms with E-state index in [1.165, 1.54) is 40.8 Å². The van der Waals surface area contributed by atoms with Gasteiger partial charge in [-0.25, -0.2) is 5.84 Å². The van der Waals surface area contributed by atoms with Crippen LogP contribution in [0.1, 0.15) is 69.5 Å². The third kappa shape index (κ3) is 6.42. The van der Waals surface area contributed by atoms with Crippen molar-refractivity contribution in [1.82, 2.24) is 5.01 Å². The van der Waals surface area contributed by atoms with E-state index in [0.29, 0.717) is 5.92 Å². The highest BCUT2D eigenvalue weighted by atomic mass is 15.4. The summed E-state index contributed by atoms with van der Waals surface area (Å²) in [5.74, 6) is 7.01. The van der Waals surface area contributed by atoms with Gasteiger partial charge in [0.2, 0.25) is 0 Å². The molecule has 1 unspecified atom stereocenters. The van der Waals surface area contributed by atoms with E-state index in [2.05, 4.69) is 74.8 Å². The zero-order valence-corrected chi connectivity index (χ0v) is 20.8. The lowest BCUT2D eigenvalue weighted by Gasteiger charge is -2.41. The lowest BCUT2D eigenvalue weighted by Crippen LogP contribution is -2.43. The Kier molecular flexibility index (Phi) is 9.02. The Morgan fingerprint density at radius 1 is 1.12 bits per heavy atom. The largest absolute Gasteiger partial charge is 0.401 e. The van der Waals surface area contributed by atoms with E-state index in [4.69, 9.17) is 11.6 Å². The molecule has 178 valence electrons. The number of fused-ring (bicyclic) bond motifs is 1. The van der Waals surface area contributed by atoms with Crippen molar-refractivity contribution < 1.29 is 0 Å². The number of unbranched alkanes of at least 4 members (excludes halogenated alkanes) is 3. The summed E-state index contributed by atoms with van der Waals surface area (Å²) < 4.78 is 0. The number of rotatable bonds is 11. The molecule has 4 nitrogen and oxygen atoms in total. The standard InChI is InChI=1S/C29H42N4/c1-5-7-9-11-23-13-15-24(16-14-23)25-17-18-28-27(19-25)29(22(3)20-32(28)4)33(31)21-26(30)12-10-8-6-2/h5,13-19,21-22,29H,1,6-12,20,30-31H2,2-4H3/b26-21-/t22-,29?/m1/s1. The fourth-order valence-corrected chi connectivity index (χ4v) is 4.94. The van der Waals surface area contributed by atoms with Crippen LogP contribution in [0.5, 0.6) is 0 Å². The zero-order chi connectivity index (χ0) is 23.8. The number of anilines is 1. The normalized spacial score (nSPS) is 18.2. The summed E-state index contributed by atoms with van der Waals surface area (Å²) in [6.45, 7) is 9.26. The summed E-state index contributed by atoms with van der Waals surface area (Å²) in [6, 6.07) is 15.9. The predicted molar refractivity (Wildman–Crippen MR) is 143 cm³/mol. The van der Waals surface area contributed by atoms with Crippen LogP contribution < -0.4 is 16.5 Å². The quantitative estimate of drug-likeness (QED) is 0.178. The summed E-state index contributed by atoms with van der Waals surface area (Å²) in [5.41, 5.74) is 13.5. The third-order valence-corrected chi connectivity index (χ3v) is 6.72. The molecule has 1 aliphatic heterocycles. The van der Waals surface area contributed by atoms with Crippen molar-refractivity contribution in [2.24, 2.45) is 17.5 Å². The Morgan fingerprint density at radius 3 is 2.55 bits per heavy atom. The molecular formula is C29H42N4. The van der Waals surface area contributed by atoms with Crippen LogP contribution in [0.2, 0.25) is 0 Å². The van der Waals surface area contributed by atoms with Gasteiger partial charge in [-0.2, -0.15) is 0 Å². The Hall–Kier alpha value is -2.72. The predicted octanol–water partition coefficient (Wildman–Crippen LogP) is 6.55. The van der Waals surface area contributed by atoms with Crippen LogP contribution in [0.15, 0.2) is 67.0 Å². The van der Waals surface area contributed by atoms with Gasteiger partial charge < -0.3 is 15.6 Å². The number of hydrazine groups is 1. The van der Waals surface area contributed by atoms with Crippen LogP contribution in [0.3, 0.4) is 0 Å². The van der Waals surface area contributed by atoms with Gasteiger partial charge in [-0.1, -0.05) is 63.1 Å². The van der Waals surface area contributed by atoms with E-state index < -0.39 is 0 Å². The van der Waals surface area contributed by atoms with Crippen molar-refractivity contribution in [3.8, 4) is 11.1 Å². The first-order chi connectivity index (χ1) is 15.9. The summed E-state index contributed by atoms with van der Waals surface area (Å²) in [7, 11) is 2.17. The van der Waals surface area contributed by atoms with E-state index in [-0.39, 0.29) is 6.04 Å². The fourth-order valence-electron chi connectivity index (χ4n) is 4.94. The van der Waals surface area contributed by atoms with E-state index in [0.717, 1.165) is 44.3 Å². The number of nitrogens with two attached hydrogens (primary N) is 2. The highest BCUT2D eigenvalue weighted by Crippen LogP contribution is 2.41. The van der Waals surface area contributed by atoms with E-state index in [9.17, 15) is 0 Å². The van der Waals surface area contributed by atoms with Gasteiger partial charge in [0.05, 0.1) is 6.04 Å². The van der Waals surface area contributed by atoms with E-state index >= 15 is 0 Å². The second kappa shape index (κ2) is 11.9. The molecule has 2 aromatic rings. The summed E-state index contributed by atoms with van der Waals surface area (Å²) >= 11 is 0. The Morgan fingerprint density at radius 2 is 1.85 bits per heavy atom. The molecule has 0 aromatic heterocycles. The lowest BCUT2D eigenvalue weighted by molar-refractivity contribution is 0.209. The monoisotopic (exact) mass is 446 g/mol. The van der Waals surface area contributed by atoms with Crippen molar-refractivity contribution >= 4 is 5.69 Å². The third-order valence-electron chi connectivity index (χ3n) is 6.72. The highest BCUT2D eigenvalue weighted by molar-refractivity contribution is 5.70. The van der Waals surface area contributed by atoms with Crippen LogP contribution >= 0.6 is 0 Å². The maximum Gasteiger partial charge on any atom is 0.0758 e. The minimum atomic E-state index is 0.0963. The topological polar surface area (TPSA) is 58.5 Å². The first kappa shape index (κ1) is 24.9. The highest BCUT2D eigenvalue weighted by Gasteiger charge is 2.32. The summed E-state index contributed by atoms with van der Waals surface area (Å²) in [6.07, 6.45) is 11.6. The van der Waals surface area contributed by atoms with Crippen molar-refractivity contribution in [3.63, 3.8) is 0 Å². The molecule has 2 aromatic carbocycles.